The number of carbonyl (C=O) groups is 2. The minimum Gasteiger partial charge on any atom is -0.379 e. The van der Waals surface area contributed by atoms with Gasteiger partial charge in [0, 0.05) is 31.9 Å². The van der Waals surface area contributed by atoms with Gasteiger partial charge in [-0.05, 0) is 49.2 Å². The molecule has 0 unspecified atom stereocenters. The number of morpholine rings is 1. The van der Waals surface area contributed by atoms with Gasteiger partial charge in [-0.1, -0.05) is 6.07 Å². The number of pyridine rings is 1. The van der Waals surface area contributed by atoms with Gasteiger partial charge >= 0.3 is 0 Å². The van der Waals surface area contributed by atoms with Gasteiger partial charge in [-0.15, -0.1) is 0 Å². The smallest absolute Gasteiger partial charge is 0.254 e. The lowest BCUT2D eigenvalue weighted by Gasteiger charge is -2.26. The molecule has 0 saturated carbocycles. The molecule has 0 atom stereocenters. The van der Waals surface area contributed by atoms with Crippen LogP contribution in [0.15, 0.2) is 41.4 Å². The number of carbonyl (C=O) groups excluding carboxylic acids is 2. The maximum Gasteiger partial charge on any atom is 0.254 e. The number of benzene rings is 1. The average molecular weight is 447 g/mol. The molecule has 1 aliphatic rings. The Balaban J connectivity index is 1.74. The van der Waals surface area contributed by atoms with Crippen molar-refractivity contribution in [3.63, 3.8) is 0 Å². The molecule has 1 aromatic heterocycles. The number of aromatic nitrogens is 1. The molecule has 1 N–H and O–H groups in total. The standard InChI is InChI=1S/C21H26N4O5S/c1-15-6-7-22-19(12-15)23-20(26)14-24(3)21(27)18-13-17(5-4-16(18)2)31(28,29)25-8-10-30-11-9-25/h4-7,12-13H,8-11,14H2,1-3H3,(H,22,23,26). The fraction of sp³-hybridized carbons (Fsp3) is 0.381. The van der Waals surface area contributed by atoms with Crippen molar-refractivity contribution in [2.75, 3.05) is 45.2 Å². The van der Waals surface area contributed by atoms with E-state index in [9.17, 15) is 18.0 Å². The van der Waals surface area contributed by atoms with E-state index >= 15 is 0 Å². The van der Waals surface area contributed by atoms with E-state index < -0.39 is 21.8 Å². The first-order chi connectivity index (χ1) is 14.7. The van der Waals surface area contributed by atoms with Crippen LogP contribution in [0.3, 0.4) is 0 Å². The van der Waals surface area contributed by atoms with Crippen LogP contribution in [0.2, 0.25) is 0 Å². The van der Waals surface area contributed by atoms with E-state index in [4.69, 9.17) is 4.74 Å². The zero-order chi connectivity index (χ0) is 22.6. The Morgan fingerprint density at radius 1 is 1.16 bits per heavy atom. The number of nitrogens with zero attached hydrogens (tertiary/aromatic N) is 3. The number of aryl methyl sites for hydroxylation is 2. The number of likely N-dealkylation sites (N-methyl/N-ethyl adjacent to an activating group) is 1. The van der Waals surface area contributed by atoms with Gasteiger partial charge in [-0.2, -0.15) is 4.31 Å². The zero-order valence-corrected chi connectivity index (χ0v) is 18.6. The minimum absolute atomic E-state index is 0.0464. The maximum atomic E-state index is 13.0. The molecule has 0 bridgehead atoms. The highest BCUT2D eigenvalue weighted by Crippen LogP contribution is 2.21. The van der Waals surface area contributed by atoms with Gasteiger partial charge in [-0.3, -0.25) is 9.59 Å². The third-order valence-electron chi connectivity index (χ3n) is 4.96. The molecule has 2 amide bonds. The van der Waals surface area contributed by atoms with Crippen molar-refractivity contribution < 1.29 is 22.7 Å². The van der Waals surface area contributed by atoms with E-state index in [2.05, 4.69) is 10.3 Å². The van der Waals surface area contributed by atoms with Gasteiger partial charge in [0.15, 0.2) is 0 Å². The topological polar surface area (TPSA) is 109 Å². The van der Waals surface area contributed by atoms with Crippen LogP contribution in [0, 0.1) is 13.8 Å². The molecule has 1 fully saturated rings. The fourth-order valence-corrected chi connectivity index (χ4v) is 4.64. The van der Waals surface area contributed by atoms with E-state index in [1.807, 2.05) is 13.0 Å². The minimum atomic E-state index is -3.73. The van der Waals surface area contributed by atoms with Crippen molar-refractivity contribution in [3.05, 3.63) is 53.2 Å². The van der Waals surface area contributed by atoms with Crippen LogP contribution >= 0.6 is 0 Å². The number of rotatable bonds is 6. The molecule has 10 heteroatoms. The number of ether oxygens (including phenoxy) is 1. The van der Waals surface area contributed by atoms with Crippen LogP contribution in [-0.4, -0.2) is 74.3 Å². The fourth-order valence-electron chi connectivity index (χ4n) is 3.21. The Morgan fingerprint density at radius 2 is 1.87 bits per heavy atom. The zero-order valence-electron chi connectivity index (χ0n) is 17.8. The Bertz CT molecular complexity index is 1080. The van der Waals surface area contributed by atoms with Crippen molar-refractivity contribution in [2.45, 2.75) is 18.7 Å². The summed E-state index contributed by atoms with van der Waals surface area (Å²) in [5.41, 5.74) is 1.81. The van der Waals surface area contributed by atoms with Crippen molar-refractivity contribution in [2.24, 2.45) is 0 Å². The highest BCUT2D eigenvalue weighted by molar-refractivity contribution is 7.89. The molecule has 2 heterocycles. The largest absolute Gasteiger partial charge is 0.379 e. The van der Waals surface area contributed by atoms with Gasteiger partial charge < -0.3 is 15.0 Å². The number of amides is 2. The summed E-state index contributed by atoms with van der Waals surface area (Å²) in [6.07, 6.45) is 1.59. The van der Waals surface area contributed by atoms with E-state index in [0.717, 1.165) is 5.56 Å². The summed E-state index contributed by atoms with van der Waals surface area (Å²) in [5.74, 6) is -0.437. The van der Waals surface area contributed by atoms with Gasteiger partial charge in [0.2, 0.25) is 15.9 Å². The van der Waals surface area contributed by atoms with E-state index in [1.54, 1.807) is 25.3 Å². The highest BCUT2D eigenvalue weighted by Gasteiger charge is 2.28. The molecule has 31 heavy (non-hydrogen) atoms. The second-order valence-corrected chi connectivity index (χ2v) is 9.36. The Kier molecular flexibility index (Phi) is 7.04. The average Bonchev–Trinajstić information content (AvgIpc) is 2.74. The molecule has 0 spiro atoms. The molecule has 166 valence electrons. The Hall–Kier alpha value is -2.82. The molecule has 1 aliphatic heterocycles. The number of hydrogen-bond acceptors (Lipinski definition) is 6. The molecule has 1 saturated heterocycles. The molecule has 0 radical (unpaired) electrons. The van der Waals surface area contributed by atoms with Crippen LogP contribution in [0.5, 0.6) is 0 Å². The van der Waals surface area contributed by atoms with Crippen LogP contribution in [-0.2, 0) is 19.6 Å². The first-order valence-corrected chi connectivity index (χ1v) is 11.3. The first-order valence-electron chi connectivity index (χ1n) is 9.85. The molecule has 2 aromatic rings. The van der Waals surface area contributed by atoms with Gasteiger partial charge in [-0.25, -0.2) is 13.4 Å². The third kappa shape index (κ3) is 5.46. The normalized spacial score (nSPS) is 14.8. The molecule has 1 aromatic carbocycles. The molecular formula is C21H26N4O5S. The Labute approximate surface area is 182 Å². The lowest BCUT2D eigenvalue weighted by atomic mass is 10.1. The van der Waals surface area contributed by atoms with E-state index in [1.165, 1.54) is 28.4 Å². The lowest BCUT2D eigenvalue weighted by molar-refractivity contribution is -0.116. The van der Waals surface area contributed by atoms with Crippen LogP contribution < -0.4 is 5.32 Å². The second-order valence-electron chi connectivity index (χ2n) is 7.42. The number of hydrogen-bond donors (Lipinski definition) is 1. The summed E-state index contributed by atoms with van der Waals surface area (Å²) >= 11 is 0. The molecule has 0 aliphatic carbocycles. The summed E-state index contributed by atoms with van der Waals surface area (Å²) in [5, 5.41) is 2.65. The number of nitrogens with one attached hydrogen (secondary N) is 1. The van der Waals surface area contributed by atoms with Crippen LogP contribution in [0.1, 0.15) is 21.5 Å². The van der Waals surface area contributed by atoms with Crippen LogP contribution in [0.25, 0.3) is 0 Å². The SMILES string of the molecule is Cc1ccnc(NC(=O)CN(C)C(=O)c2cc(S(=O)(=O)N3CCOCC3)ccc2C)c1. The van der Waals surface area contributed by atoms with Crippen molar-refractivity contribution in [3.8, 4) is 0 Å². The summed E-state index contributed by atoms with van der Waals surface area (Å²) in [7, 11) is -2.24. The van der Waals surface area contributed by atoms with Gasteiger partial charge in [0.25, 0.3) is 5.91 Å². The summed E-state index contributed by atoms with van der Waals surface area (Å²) < 4.78 is 32.4. The lowest BCUT2D eigenvalue weighted by Crippen LogP contribution is -2.40. The molecule has 9 nitrogen and oxygen atoms in total. The van der Waals surface area contributed by atoms with E-state index in [-0.39, 0.29) is 30.1 Å². The number of anilines is 1. The summed E-state index contributed by atoms with van der Waals surface area (Å²) in [6, 6.07) is 8.01. The molecular weight excluding hydrogens is 420 g/mol. The van der Waals surface area contributed by atoms with Crippen molar-refractivity contribution >= 4 is 27.7 Å². The third-order valence-corrected chi connectivity index (χ3v) is 6.85. The van der Waals surface area contributed by atoms with Gasteiger partial charge in [0.05, 0.1) is 24.7 Å². The van der Waals surface area contributed by atoms with Crippen LogP contribution in [0.4, 0.5) is 5.82 Å². The summed E-state index contributed by atoms with van der Waals surface area (Å²) in [6.45, 7) is 4.62. The predicted molar refractivity (Wildman–Crippen MR) is 115 cm³/mol. The quantitative estimate of drug-likeness (QED) is 0.719. The Morgan fingerprint density at radius 3 is 2.55 bits per heavy atom. The van der Waals surface area contributed by atoms with Crippen molar-refractivity contribution in [1.82, 2.24) is 14.2 Å². The number of sulfonamides is 1. The van der Waals surface area contributed by atoms with Gasteiger partial charge in [0.1, 0.15) is 5.82 Å². The summed E-state index contributed by atoms with van der Waals surface area (Å²) in [4.78, 5) is 30.7. The predicted octanol–water partition coefficient (Wildman–Crippen LogP) is 1.43. The second kappa shape index (κ2) is 9.54. The van der Waals surface area contributed by atoms with Crippen molar-refractivity contribution in [1.29, 1.82) is 0 Å². The highest BCUT2D eigenvalue weighted by atomic mass is 32.2. The first kappa shape index (κ1) is 22.9. The van der Waals surface area contributed by atoms with E-state index in [0.29, 0.717) is 24.6 Å². The monoisotopic (exact) mass is 446 g/mol. The molecule has 3 rings (SSSR count). The maximum absolute atomic E-state index is 13.0.